The summed E-state index contributed by atoms with van der Waals surface area (Å²) in [4.78, 5) is 4.24. The molecule has 2 N–H and O–H groups in total. The van der Waals surface area contributed by atoms with Gasteiger partial charge in [0.25, 0.3) is 0 Å². The molecule has 22 heavy (non-hydrogen) atoms. The second-order valence-corrected chi connectivity index (χ2v) is 5.72. The summed E-state index contributed by atoms with van der Waals surface area (Å²) in [5.74, 6) is 1.37. The zero-order valence-corrected chi connectivity index (χ0v) is 14.6. The van der Waals surface area contributed by atoms with Gasteiger partial charge in [-0.3, -0.25) is 9.67 Å². The van der Waals surface area contributed by atoms with Gasteiger partial charge in [0.15, 0.2) is 5.96 Å². The van der Waals surface area contributed by atoms with Crippen LogP contribution < -0.4 is 10.6 Å². The van der Waals surface area contributed by atoms with Crippen molar-refractivity contribution in [1.82, 2.24) is 20.4 Å². The molecule has 0 saturated carbocycles. The highest BCUT2D eigenvalue weighted by molar-refractivity contribution is 5.79. The van der Waals surface area contributed by atoms with Gasteiger partial charge in [0.2, 0.25) is 0 Å². The lowest BCUT2D eigenvalue weighted by molar-refractivity contribution is 0.0258. The van der Waals surface area contributed by atoms with Crippen molar-refractivity contribution in [3.05, 3.63) is 18.0 Å². The molecule has 0 radical (unpaired) electrons. The van der Waals surface area contributed by atoms with Gasteiger partial charge in [0.1, 0.15) is 0 Å². The molecule has 1 rings (SSSR count). The van der Waals surface area contributed by atoms with Gasteiger partial charge in [0, 0.05) is 40.0 Å². The molecule has 0 aliphatic heterocycles. The molecule has 1 unspecified atom stereocenters. The van der Waals surface area contributed by atoms with Gasteiger partial charge in [-0.1, -0.05) is 13.8 Å². The predicted octanol–water partition coefficient (Wildman–Crippen LogP) is 1.58. The fourth-order valence-electron chi connectivity index (χ4n) is 2.30. The Morgan fingerprint density at radius 3 is 2.64 bits per heavy atom. The Balaban J connectivity index is 2.24. The Morgan fingerprint density at radius 2 is 2.09 bits per heavy atom. The van der Waals surface area contributed by atoms with Gasteiger partial charge in [-0.15, -0.1) is 0 Å². The molecule has 0 saturated heterocycles. The van der Waals surface area contributed by atoms with E-state index in [9.17, 15) is 0 Å². The second-order valence-electron chi connectivity index (χ2n) is 5.72. The average Bonchev–Trinajstić information content (AvgIpc) is 2.90. The monoisotopic (exact) mass is 309 g/mol. The van der Waals surface area contributed by atoms with E-state index >= 15 is 0 Å². The maximum atomic E-state index is 5.75. The summed E-state index contributed by atoms with van der Waals surface area (Å²) in [6.07, 6.45) is 6.14. The van der Waals surface area contributed by atoms with Crippen LogP contribution in [0.4, 0.5) is 0 Å². The van der Waals surface area contributed by atoms with Gasteiger partial charge < -0.3 is 15.4 Å². The fraction of sp³-hybridized carbons (Fsp3) is 0.750. The molecule has 1 atom stereocenters. The molecule has 0 aliphatic carbocycles. The summed E-state index contributed by atoms with van der Waals surface area (Å²) in [6, 6.07) is 0. The van der Waals surface area contributed by atoms with Crippen molar-refractivity contribution >= 4 is 5.96 Å². The summed E-state index contributed by atoms with van der Waals surface area (Å²) in [6.45, 7) is 8.89. The van der Waals surface area contributed by atoms with Crippen LogP contribution in [0, 0.1) is 5.92 Å². The molecular weight excluding hydrogens is 278 g/mol. The number of guanidine groups is 1. The summed E-state index contributed by atoms with van der Waals surface area (Å²) in [5, 5.41) is 10.8. The van der Waals surface area contributed by atoms with Crippen LogP contribution in [0.15, 0.2) is 17.4 Å². The zero-order chi connectivity index (χ0) is 16.4. The first-order valence-corrected chi connectivity index (χ1v) is 8.10. The van der Waals surface area contributed by atoms with E-state index in [1.807, 2.05) is 31.0 Å². The molecule has 1 aromatic heterocycles. The van der Waals surface area contributed by atoms with Gasteiger partial charge >= 0.3 is 0 Å². The number of hydrogen-bond acceptors (Lipinski definition) is 3. The van der Waals surface area contributed by atoms with Crippen LogP contribution in [0.3, 0.4) is 0 Å². The largest absolute Gasteiger partial charge is 0.378 e. The van der Waals surface area contributed by atoms with Crippen molar-refractivity contribution in [2.75, 3.05) is 26.7 Å². The van der Waals surface area contributed by atoms with E-state index in [1.165, 1.54) is 5.56 Å². The van der Waals surface area contributed by atoms with Crippen LogP contribution in [0.2, 0.25) is 0 Å². The molecule has 1 aromatic rings. The number of aryl methyl sites for hydroxylation is 1. The van der Waals surface area contributed by atoms with Gasteiger partial charge in [-0.25, -0.2) is 0 Å². The number of nitrogens with one attached hydrogen (secondary N) is 2. The molecule has 0 spiro atoms. The average molecular weight is 309 g/mol. The highest BCUT2D eigenvalue weighted by Gasteiger charge is 2.12. The third kappa shape index (κ3) is 6.93. The van der Waals surface area contributed by atoms with Crippen LogP contribution in [0.1, 0.15) is 32.8 Å². The third-order valence-electron chi connectivity index (χ3n) is 3.53. The zero-order valence-electron chi connectivity index (χ0n) is 14.6. The highest BCUT2D eigenvalue weighted by atomic mass is 16.5. The molecule has 0 bridgehead atoms. The van der Waals surface area contributed by atoms with Gasteiger partial charge in [0.05, 0.1) is 12.3 Å². The molecule has 0 amide bonds. The van der Waals surface area contributed by atoms with Crippen LogP contribution in [-0.2, 0) is 18.2 Å². The normalized spacial score (nSPS) is 13.5. The van der Waals surface area contributed by atoms with Crippen molar-refractivity contribution in [3.8, 4) is 0 Å². The Hall–Kier alpha value is -1.56. The highest BCUT2D eigenvalue weighted by Crippen LogP contribution is 2.09. The van der Waals surface area contributed by atoms with Gasteiger partial charge in [-0.05, 0) is 31.2 Å². The van der Waals surface area contributed by atoms with Crippen LogP contribution in [-0.4, -0.2) is 48.6 Å². The van der Waals surface area contributed by atoms with Crippen molar-refractivity contribution < 1.29 is 4.74 Å². The Morgan fingerprint density at radius 1 is 1.36 bits per heavy atom. The molecular formula is C16H31N5O. The van der Waals surface area contributed by atoms with E-state index in [-0.39, 0.29) is 0 Å². The van der Waals surface area contributed by atoms with Gasteiger partial charge in [-0.2, -0.15) is 5.10 Å². The van der Waals surface area contributed by atoms with E-state index in [2.05, 4.69) is 34.6 Å². The molecule has 0 fully saturated rings. The summed E-state index contributed by atoms with van der Waals surface area (Å²) < 4.78 is 7.57. The maximum absolute atomic E-state index is 5.75. The molecule has 126 valence electrons. The number of aliphatic imine (C=N–C) groups is 1. The lowest BCUT2D eigenvalue weighted by atomic mass is 10.0. The van der Waals surface area contributed by atoms with Crippen molar-refractivity contribution in [2.24, 2.45) is 18.0 Å². The lowest BCUT2D eigenvalue weighted by Crippen LogP contribution is -2.40. The first kappa shape index (κ1) is 18.5. The number of aromatic nitrogens is 2. The number of hydrogen-bond donors (Lipinski definition) is 2. The minimum Gasteiger partial charge on any atom is -0.378 e. The van der Waals surface area contributed by atoms with Crippen molar-refractivity contribution in [2.45, 2.75) is 39.7 Å². The van der Waals surface area contributed by atoms with E-state index in [0.29, 0.717) is 12.0 Å². The van der Waals surface area contributed by atoms with Crippen LogP contribution in [0.25, 0.3) is 0 Å². The van der Waals surface area contributed by atoms with E-state index in [0.717, 1.165) is 38.5 Å². The Bertz CT molecular complexity index is 441. The molecule has 0 aliphatic rings. The summed E-state index contributed by atoms with van der Waals surface area (Å²) in [5.41, 5.74) is 1.22. The summed E-state index contributed by atoms with van der Waals surface area (Å²) >= 11 is 0. The maximum Gasteiger partial charge on any atom is 0.190 e. The quantitative estimate of drug-likeness (QED) is 0.537. The number of nitrogens with zero attached hydrogens (tertiary/aromatic N) is 3. The van der Waals surface area contributed by atoms with Crippen LogP contribution in [0.5, 0.6) is 0 Å². The predicted molar refractivity (Wildman–Crippen MR) is 91.1 cm³/mol. The topological polar surface area (TPSA) is 63.5 Å². The molecule has 6 nitrogen and oxygen atoms in total. The van der Waals surface area contributed by atoms with Crippen molar-refractivity contribution in [1.29, 1.82) is 0 Å². The van der Waals surface area contributed by atoms with E-state index in [1.54, 1.807) is 7.05 Å². The minimum absolute atomic E-state index is 0.297. The lowest BCUT2D eigenvalue weighted by Gasteiger charge is -2.21. The fourth-order valence-corrected chi connectivity index (χ4v) is 2.30. The first-order chi connectivity index (χ1) is 10.6. The van der Waals surface area contributed by atoms with E-state index < -0.39 is 0 Å². The van der Waals surface area contributed by atoms with Crippen molar-refractivity contribution in [3.63, 3.8) is 0 Å². The van der Waals surface area contributed by atoms with Crippen LogP contribution >= 0.6 is 0 Å². The number of ether oxygens (including phenoxy) is 1. The third-order valence-corrected chi connectivity index (χ3v) is 3.53. The minimum atomic E-state index is 0.297. The molecule has 1 heterocycles. The SMILES string of the molecule is CCOC(CCNC(=NC)NCCc1cnn(C)c1)C(C)C. The molecule has 6 heteroatoms. The van der Waals surface area contributed by atoms with E-state index in [4.69, 9.17) is 4.74 Å². The Kier molecular flexibility index (Phi) is 8.58. The molecule has 0 aromatic carbocycles. The summed E-state index contributed by atoms with van der Waals surface area (Å²) in [7, 11) is 3.73. The second kappa shape index (κ2) is 10.2. The number of rotatable bonds is 9. The smallest absolute Gasteiger partial charge is 0.190 e. The standard InChI is InChI=1S/C16H31N5O/c1-6-22-15(13(2)3)8-10-19-16(17-4)18-9-7-14-11-20-21(5)12-14/h11-13,15H,6-10H2,1-5H3,(H2,17,18,19). The Labute approximate surface area is 134 Å². The first-order valence-electron chi connectivity index (χ1n) is 8.10.